The second-order valence-electron chi connectivity index (χ2n) is 1.51. The van der Waals surface area contributed by atoms with Gasteiger partial charge in [0.05, 0.1) is 0 Å². The van der Waals surface area contributed by atoms with Gasteiger partial charge in [-0.1, -0.05) is 0 Å². The molecule has 0 heterocycles. The smallest absolute Gasteiger partial charge is 0.326 e. The summed E-state index contributed by atoms with van der Waals surface area (Å²) in [4.78, 5) is 0. The Morgan fingerprint density at radius 3 is 2.00 bits per heavy atom. The summed E-state index contributed by atoms with van der Waals surface area (Å²) in [7, 11) is 0. The van der Waals surface area contributed by atoms with Gasteiger partial charge in [0.25, 0.3) is 0 Å². The zero-order chi connectivity index (χ0) is 8.04. The number of hydrogen-bond donors (Lipinski definition) is 0. The Labute approximate surface area is 65.5 Å². The third kappa shape index (κ3) is 3.02. The summed E-state index contributed by atoms with van der Waals surface area (Å²) in [6, 6.07) is 1.70. The lowest BCUT2D eigenvalue weighted by Crippen LogP contribution is -2.27. The lowest BCUT2D eigenvalue weighted by molar-refractivity contribution is -0.133. The lowest BCUT2D eigenvalue weighted by Gasteiger charge is -2.17. The average molecular weight is 164 g/mol. The van der Waals surface area contributed by atoms with E-state index in [4.69, 9.17) is 26.3 Å². The van der Waals surface area contributed by atoms with Crippen molar-refractivity contribution in [2.75, 3.05) is 13.2 Å². The molecule has 0 bridgehead atoms. The standard InChI is InChI=1S/C6H10ClNO2/c1-3-9-6(7,5-8)10-4-2/h3-4H2,1-2H3. The molecule has 0 amide bonds. The molecule has 0 aromatic carbocycles. The Bertz CT molecular complexity index is 126. The van der Waals surface area contributed by atoms with Crippen molar-refractivity contribution in [2.45, 2.75) is 19.1 Å². The zero-order valence-corrected chi connectivity index (χ0v) is 6.81. The molecule has 3 nitrogen and oxygen atoms in total. The molecule has 0 saturated heterocycles. The van der Waals surface area contributed by atoms with Crippen molar-refractivity contribution in [3.8, 4) is 6.07 Å². The minimum atomic E-state index is -1.58. The first-order valence-electron chi connectivity index (χ1n) is 3.06. The fourth-order valence-electron chi connectivity index (χ4n) is 0.478. The fourth-order valence-corrected chi connectivity index (χ4v) is 0.696. The van der Waals surface area contributed by atoms with Crippen LogP contribution in [0.3, 0.4) is 0 Å². The summed E-state index contributed by atoms with van der Waals surface area (Å²) in [5, 5.41) is 6.84. The third-order valence-corrected chi connectivity index (χ3v) is 1.10. The Hall–Kier alpha value is -0.300. The molecular weight excluding hydrogens is 154 g/mol. The topological polar surface area (TPSA) is 42.2 Å². The minimum absolute atomic E-state index is 0.358. The highest BCUT2D eigenvalue weighted by atomic mass is 35.5. The Kier molecular flexibility index (Phi) is 4.37. The van der Waals surface area contributed by atoms with E-state index in [0.717, 1.165) is 0 Å². The molecule has 0 aliphatic rings. The molecule has 0 aliphatic heterocycles. The van der Waals surface area contributed by atoms with E-state index in [1.807, 2.05) is 0 Å². The van der Waals surface area contributed by atoms with Crippen molar-refractivity contribution < 1.29 is 9.47 Å². The van der Waals surface area contributed by atoms with Gasteiger partial charge in [-0.05, 0) is 25.4 Å². The van der Waals surface area contributed by atoms with Crippen LogP contribution < -0.4 is 0 Å². The molecule has 0 unspecified atom stereocenters. The molecular formula is C6H10ClNO2. The van der Waals surface area contributed by atoms with E-state index in [-0.39, 0.29) is 0 Å². The third-order valence-electron chi connectivity index (χ3n) is 0.794. The van der Waals surface area contributed by atoms with Crippen LogP contribution in [-0.4, -0.2) is 18.5 Å². The first kappa shape index (κ1) is 9.70. The van der Waals surface area contributed by atoms with Crippen molar-refractivity contribution in [1.29, 1.82) is 5.26 Å². The van der Waals surface area contributed by atoms with Crippen molar-refractivity contribution in [3.05, 3.63) is 0 Å². The molecule has 0 aromatic rings. The number of ether oxygens (including phenoxy) is 2. The molecule has 0 fully saturated rings. The number of nitrogens with zero attached hydrogens (tertiary/aromatic N) is 1. The lowest BCUT2D eigenvalue weighted by atomic mass is 10.6. The highest BCUT2D eigenvalue weighted by molar-refractivity contribution is 6.23. The van der Waals surface area contributed by atoms with Crippen molar-refractivity contribution in [3.63, 3.8) is 0 Å². The van der Waals surface area contributed by atoms with Crippen LogP contribution >= 0.6 is 11.6 Å². The SMILES string of the molecule is CCOC(Cl)(C#N)OCC. The van der Waals surface area contributed by atoms with Crippen LogP contribution in [0.4, 0.5) is 0 Å². The predicted molar refractivity (Wildman–Crippen MR) is 37.4 cm³/mol. The van der Waals surface area contributed by atoms with Crippen LogP contribution in [0.25, 0.3) is 0 Å². The number of rotatable bonds is 4. The van der Waals surface area contributed by atoms with Gasteiger partial charge in [0.15, 0.2) is 0 Å². The van der Waals surface area contributed by atoms with Crippen molar-refractivity contribution >= 4 is 11.6 Å². The van der Waals surface area contributed by atoms with E-state index in [1.165, 1.54) is 0 Å². The highest BCUT2D eigenvalue weighted by Gasteiger charge is 2.27. The summed E-state index contributed by atoms with van der Waals surface area (Å²) < 4.78 is 9.60. The van der Waals surface area contributed by atoms with E-state index in [9.17, 15) is 0 Å². The molecule has 0 spiro atoms. The molecule has 0 aromatic heterocycles. The van der Waals surface area contributed by atoms with Gasteiger partial charge in [0.1, 0.15) is 6.07 Å². The van der Waals surface area contributed by atoms with Crippen LogP contribution in [0.15, 0.2) is 0 Å². The van der Waals surface area contributed by atoms with Gasteiger partial charge < -0.3 is 9.47 Å². The molecule has 10 heavy (non-hydrogen) atoms. The summed E-state index contributed by atoms with van der Waals surface area (Å²) in [5.74, 6) is 0. The zero-order valence-electron chi connectivity index (χ0n) is 6.06. The van der Waals surface area contributed by atoms with Crippen LogP contribution in [0.1, 0.15) is 13.8 Å². The summed E-state index contributed by atoms with van der Waals surface area (Å²) in [6.45, 7) is 4.20. The molecule has 4 heteroatoms. The van der Waals surface area contributed by atoms with Gasteiger partial charge in [-0.25, -0.2) is 0 Å². The molecule has 0 radical (unpaired) electrons. The van der Waals surface area contributed by atoms with Gasteiger partial charge in [0.2, 0.25) is 0 Å². The maximum absolute atomic E-state index is 8.42. The molecule has 0 atom stereocenters. The Morgan fingerprint density at radius 2 is 1.80 bits per heavy atom. The fraction of sp³-hybridized carbons (Fsp3) is 0.833. The summed E-state index contributed by atoms with van der Waals surface area (Å²) in [5.41, 5.74) is 0. The van der Waals surface area contributed by atoms with Gasteiger partial charge in [-0.3, -0.25) is 0 Å². The summed E-state index contributed by atoms with van der Waals surface area (Å²) in [6.07, 6.45) is 0. The predicted octanol–water partition coefficient (Wildman–Crippen LogP) is 1.48. The number of halogens is 1. The average Bonchev–Trinajstić information content (AvgIpc) is 1.89. The Morgan fingerprint density at radius 1 is 1.40 bits per heavy atom. The molecule has 0 N–H and O–H groups in total. The minimum Gasteiger partial charge on any atom is -0.326 e. The number of alkyl halides is 1. The highest BCUT2D eigenvalue weighted by Crippen LogP contribution is 2.16. The molecule has 0 rings (SSSR count). The first-order chi connectivity index (χ1) is 4.68. The van der Waals surface area contributed by atoms with Crippen molar-refractivity contribution in [2.24, 2.45) is 0 Å². The van der Waals surface area contributed by atoms with E-state index < -0.39 is 5.25 Å². The van der Waals surface area contributed by atoms with Gasteiger partial charge >= 0.3 is 5.25 Å². The van der Waals surface area contributed by atoms with Crippen LogP contribution in [0, 0.1) is 11.3 Å². The summed E-state index contributed by atoms with van der Waals surface area (Å²) >= 11 is 5.52. The second-order valence-corrected chi connectivity index (χ2v) is 2.01. The van der Waals surface area contributed by atoms with Crippen molar-refractivity contribution in [1.82, 2.24) is 0 Å². The van der Waals surface area contributed by atoms with Crippen LogP contribution in [-0.2, 0) is 9.47 Å². The molecule has 0 saturated carbocycles. The van der Waals surface area contributed by atoms with Gasteiger partial charge in [-0.15, -0.1) is 0 Å². The van der Waals surface area contributed by atoms with E-state index >= 15 is 0 Å². The van der Waals surface area contributed by atoms with E-state index in [2.05, 4.69) is 0 Å². The second kappa shape index (κ2) is 4.51. The number of nitriles is 1. The van der Waals surface area contributed by atoms with E-state index in [0.29, 0.717) is 13.2 Å². The maximum Gasteiger partial charge on any atom is 0.341 e. The first-order valence-corrected chi connectivity index (χ1v) is 3.44. The number of hydrogen-bond acceptors (Lipinski definition) is 3. The molecule has 58 valence electrons. The molecule has 0 aliphatic carbocycles. The quantitative estimate of drug-likeness (QED) is 0.466. The normalized spacial score (nSPS) is 11.0. The monoisotopic (exact) mass is 163 g/mol. The maximum atomic E-state index is 8.42. The van der Waals surface area contributed by atoms with Crippen LogP contribution in [0.2, 0.25) is 0 Å². The van der Waals surface area contributed by atoms with E-state index in [1.54, 1.807) is 19.9 Å². The van der Waals surface area contributed by atoms with Crippen LogP contribution in [0.5, 0.6) is 0 Å². The van der Waals surface area contributed by atoms with Gasteiger partial charge in [0, 0.05) is 13.2 Å². The largest absolute Gasteiger partial charge is 0.341 e. The Balaban J connectivity index is 3.85. The van der Waals surface area contributed by atoms with Gasteiger partial charge in [-0.2, -0.15) is 5.26 Å².